The monoisotopic (exact) mass is 401 g/mol. The van der Waals surface area contributed by atoms with Gasteiger partial charge in [-0.05, 0) is 44.0 Å². The van der Waals surface area contributed by atoms with E-state index in [2.05, 4.69) is 4.72 Å². The lowest BCUT2D eigenvalue weighted by Gasteiger charge is -2.08. The van der Waals surface area contributed by atoms with Gasteiger partial charge in [-0.1, -0.05) is 47.5 Å². The van der Waals surface area contributed by atoms with Crippen molar-refractivity contribution in [3.05, 3.63) is 75.7 Å². The Bertz CT molecular complexity index is 992. The van der Waals surface area contributed by atoms with E-state index >= 15 is 0 Å². The number of hydrogen-bond acceptors (Lipinski definition) is 5. The molecular formula is C21H23NO5S. The molecule has 0 aliphatic carbocycles. The molecule has 2 aromatic carbocycles. The molecule has 0 unspecified atom stereocenters. The highest BCUT2D eigenvalue weighted by Gasteiger charge is 2.14. The fraction of sp³-hybridized carbons (Fsp3) is 0.238. The Morgan fingerprint density at radius 2 is 1.64 bits per heavy atom. The topological polar surface area (TPSA) is 89.5 Å². The second-order valence-corrected chi connectivity index (χ2v) is 8.13. The Labute approximate surface area is 165 Å². The average molecular weight is 401 g/mol. The summed E-state index contributed by atoms with van der Waals surface area (Å²) < 4.78 is 30.9. The van der Waals surface area contributed by atoms with E-state index in [9.17, 15) is 18.0 Å². The van der Waals surface area contributed by atoms with Crippen LogP contribution in [0.25, 0.3) is 6.08 Å². The summed E-state index contributed by atoms with van der Waals surface area (Å²) >= 11 is 0. The van der Waals surface area contributed by atoms with Crippen LogP contribution in [-0.4, -0.2) is 33.3 Å². The van der Waals surface area contributed by atoms with Crippen LogP contribution < -0.4 is 4.72 Å². The first-order valence-electron chi connectivity index (χ1n) is 8.67. The van der Waals surface area contributed by atoms with Gasteiger partial charge in [-0.15, -0.1) is 0 Å². The van der Waals surface area contributed by atoms with Gasteiger partial charge >= 0.3 is 5.97 Å². The van der Waals surface area contributed by atoms with Crippen LogP contribution in [-0.2, 0) is 19.6 Å². The van der Waals surface area contributed by atoms with Crippen LogP contribution in [0.1, 0.15) is 32.6 Å². The summed E-state index contributed by atoms with van der Waals surface area (Å²) in [4.78, 5) is 23.9. The van der Waals surface area contributed by atoms with Crippen molar-refractivity contribution >= 4 is 27.9 Å². The van der Waals surface area contributed by atoms with Gasteiger partial charge in [-0.2, -0.15) is 0 Å². The van der Waals surface area contributed by atoms with Gasteiger partial charge in [0.15, 0.2) is 6.61 Å². The lowest BCUT2D eigenvalue weighted by Crippen LogP contribution is -2.30. The zero-order chi connectivity index (χ0) is 20.7. The SMILES string of the molecule is Cc1ccc(C=CS(=O)(=O)NCC(=O)OCC(=O)c2cc(C)ccc2C)cc1. The van der Waals surface area contributed by atoms with E-state index in [1.165, 1.54) is 6.08 Å². The third kappa shape index (κ3) is 6.75. The molecule has 0 aromatic heterocycles. The van der Waals surface area contributed by atoms with E-state index in [0.29, 0.717) is 5.56 Å². The molecule has 0 saturated carbocycles. The summed E-state index contributed by atoms with van der Waals surface area (Å²) in [5.41, 5.74) is 3.98. The van der Waals surface area contributed by atoms with Crippen LogP contribution in [0.5, 0.6) is 0 Å². The third-order valence-corrected chi connectivity index (χ3v) is 5.03. The highest BCUT2D eigenvalue weighted by molar-refractivity contribution is 7.92. The van der Waals surface area contributed by atoms with Crippen LogP contribution in [0.3, 0.4) is 0 Å². The number of rotatable bonds is 8. The molecule has 0 atom stereocenters. The molecule has 0 saturated heterocycles. The molecule has 28 heavy (non-hydrogen) atoms. The molecule has 6 nitrogen and oxygen atoms in total. The van der Waals surface area contributed by atoms with Crippen molar-refractivity contribution in [2.45, 2.75) is 20.8 Å². The van der Waals surface area contributed by atoms with Gasteiger partial charge in [0.2, 0.25) is 15.8 Å². The summed E-state index contributed by atoms with van der Waals surface area (Å²) in [5.74, 6) is -1.16. The Kier molecular flexibility index (Phi) is 7.25. The molecule has 7 heteroatoms. The van der Waals surface area contributed by atoms with Crippen molar-refractivity contribution in [2.75, 3.05) is 13.2 Å². The maximum atomic E-state index is 12.2. The molecule has 2 aromatic rings. The average Bonchev–Trinajstić information content (AvgIpc) is 2.66. The molecule has 0 aliphatic heterocycles. The summed E-state index contributed by atoms with van der Waals surface area (Å²) in [5, 5.41) is 0.978. The Morgan fingerprint density at radius 3 is 2.32 bits per heavy atom. The first-order valence-corrected chi connectivity index (χ1v) is 10.2. The summed E-state index contributed by atoms with van der Waals surface area (Å²) in [6.45, 7) is 4.59. The normalized spacial score (nSPS) is 11.5. The van der Waals surface area contributed by atoms with Gasteiger partial charge in [-0.25, -0.2) is 13.1 Å². The zero-order valence-corrected chi connectivity index (χ0v) is 16.9. The Balaban J connectivity index is 1.84. The van der Waals surface area contributed by atoms with E-state index in [1.807, 2.05) is 38.1 Å². The summed E-state index contributed by atoms with van der Waals surface area (Å²) in [6, 6.07) is 12.7. The first-order chi connectivity index (χ1) is 13.2. The largest absolute Gasteiger partial charge is 0.456 e. The van der Waals surface area contributed by atoms with Gasteiger partial charge in [0.1, 0.15) is 6.54 Å². The van der Waals surface area contributed by atoms with Crippen molar-refractivity contribution in [2.24, 2.45) is 0 Å². The number of benzene rings is 2. The predicted molar refractivity (Wildman–Crippen MR) is 108 cm³/mol. The number of aryl methyl sites for hydroxylation is 3. The second kappa shape index (κ2) is 9.43. The fourth-order valence-corrected chi connectivity index (χ4v) is 3.12. The smallest absolute Gasteiger partial charge is 0.321 e. The van der Waals surface area contributed by atoms with E-state index in [0.717, 1.165) is 27.7 Å². The zero-order valence-electron chi connectivity index (χ0n) is 16.1. The molecule has 2 rings (SSSR count). The van der Waals surface area contributed by atoms with Gasteiger partial charge in [0, 0.05) is 11.0 Å². The quantitative estimate of drug-likeness (QED) is 0.543. The fourth-order valence-electron chi connectivity index (χ4n) is 2.36. The molecular weight excluding hydrogens is 378 g/mol. The molecule has 148 valence electrons. The minimum atomic E-state index is -3.80. The molecule has 0 amide bonds. The van der Waals surface area contributed by atoms with Crippen molar-refractivity contribution in [3.63, 3.8) is 0 Å². The van der Waals surface area contributed by atoms with Crippen molar-refractivity contribution in [3.8, 4) is 0 Å². The number of ketones is 1. The van der Waals surface area contributed by atoms with E-state index in [4.69, 9.17) is 4.74 Å². The van der Waals surface area contributed by atoms with Crippen LogP contribution >= 0.6 is 0 Å². The Morgan fingerprint density at radius 1 is 1.00 bits per heavy atom. The number of Topliss-reactive ketones (excluding diaryl/α,β-unsaturated/α-hetero) is 1. The van der Waals surface area contributed by atoms with Crippen molar-refractivity contribution in [1.29, 1.82) is 0 Å². The number of hydrogen-bond donors (Lipinski definition) is 1. The molecule has 0 spiro atoms. The maximum absolute atomic E-state index is 12.2. The highest BCUT2D eigenvalue weighted by atomic mass is 32.2. The molecule has 0 heterocycles. The van der Waals surface area contributed by atoms with E-state index in [-0.39, 0.29) is 5.78 Å². The number of carbonyl (C=O) groups excluding carboxylic acids is 2. The Hall–Kier alpha value is -2.77. The summed E-state index contributed by atoms with van der Waals surface area (Å²) in [7, 11) is -3.80. The second-order valence-electron chi connectivity index (χ2n) is 6.48. The lowest BCUT2D eigenvalue weighted by atomic mass is 10.0. The molecule has 0 aliphatic rings. The maximum Gasteiger partial charge on any atom is 0.321 e. The van der Waals surface area contributed by atoms with Crippen LogP contribution in [0.4, 0.5) is 0 Å². The number of nitrogens with one attached hydrogen (secondary N) is 1. The minimum absolute atomic E-state index is 0.336. The number of carbonyl (C=O) groups is 2. The third-order valence-electron chi connectivity index (χ3n) is 3.99. The molecule has 1 N–H and O–H groups in total. The van der Waals surface area contributed by atoms with Crippen molar-refractivity contribution in [1.82, 2.24) is 4.72 Å². The first kappa shape index (κ1) is 21.5. The molecule has 0 fully saturated rings. The standard InChI is InChI=1S/C21H23NO5S/c1-15-5-8-18(9-6-15)10-11-28(25,26)22-13-21(24)27-14-20(23)19-12-16(2)4-7-17(19)3/h4-12,22H,13-14H2,1-3H3. The number of esters is 1. The number of ether oxygens (including phenoxy) is 1. The molecule has 0 bridgehead atoms. The highest BCUT2D eigenvalue weighted by Crippen LogP contribution is 2.11. The molecule has 0 radical (unpaired) electrons. The van der Waals surface area contributed by atoms with E-state index < -0.39 is 29.1 Å². The van der Waals surface area contributed by atoms with Crippen molar-refractivity contribution < 1.29 is 22.7 Å². The van der Waals surface area contributed by atoms with Gasteiger partial charge < -0.3 is 4.74 Å². The van der Waals surface area contributed by atoms with Crippen LogP contribution in [0.2, 0.25) is 0 Å². The van der Waals surface area contributed by atoms with Gasteiger partial charge in [0.05, 0.1) is 0 Å². The van der Waals surface area contributed by atoms with Gasteiger partial charge in [-0.3, -0.25) is 9.59 Å². The van der Waals surface area contributed by atoms with Gasteiger partial charge in [0.25, 0.3) is 0 Å². The number of sulfonamides is 1. The van der Waals surface area contributed by atoms with Crippen LogP contribution in [0, 0.1) is 20.8 Å². The van der Waals surface area contributed by atoms with E-state index in [1.54, 1.807) is 25.1 Å². The minimum Gasteiger partial charge on any atom is -0.456 e. The van der Waals surface area contributed by atoms with Crippen LogP contribution in [0.15, 0.2) is 47.9 Å². The summed E-state index contributed by atoms with van der Waals surface area (Å²) in [6.07, 6.45) is 1.43. The predicted octanol–water partition coefficient (Wildman–Crippen LogP) is 2.93. The lowest BCUT2D eigenvalue weighted by molar-refractivity contribution is -0.141.